The fourth-order valence-corrected chi connectivity index (χ4v) is 4.16. The van der Waals surface area contributed by atoms with E-state index in [2.05, 4.69) is 0 Å². The molecule has 4 nitrogen and oxygen atoms in total. The van der Waals surface area contributed by atoms with Gasteiger partial charge in [-0.3, -0.25) is 9.59 Å². The molecule has 0 radical (unpaired) electrons. The molecule has 0 aromatic heterocycles. The standard InChI is InChI=1S/C18H24N2O2/c1-19(2)17(22)15-9-6-10-18(15)11-12-20(13-18)16(21)14-7-4-3-5-8-14/h3-5,7-8,15H,6,9-13H2,1-2H3. The molecule has 0 N–H and O–H groups in total. The van der Waals surface area contributed by atoms with Crippen LogP contribution in [0.3, 0.4) is 0 Å². The largest absolute Gasteiger partial charge is 0.349 e. The molecule has 1 aliphatic carbocycles. The van der Waals surface area contributed by atoms with Crippen molar-refractivity contribution in [3.63, 3.8) is 0 Å². The Morgan fingerprint density at radius 3 is 2.59 bits per heavy atom. The first-order chi connectivity index (χ1) is 10.5. The summed E-state index contributed by atoms with van der Waals surface area (Å²) in [5, 5.41) is 0. The van der Waals surface area contributed by atoms with E-state index in [9.17, 15) is 9.59 Å². The summed E-state index contributed by atoms with van der Waals surface area (Å²) in [5.41, 5.74) is 0.749. The van der Waals surface area contributed by atoms with Crippen molar-refractivity contribution in [2.75, 3.05) is 27.2 Å². The van der Waals surface area contributed by atoms with E-state index in [4.69, 9.17) is 0 Å². The number of carbonyl (C=O) groups excluding carboxylic acids is 2. The summed E-state index contributed by atoms with van der Waals surface area (Å²) >= 11 is 0. The van der Waals surface area contributed by atoms with Gasteiger partial charge in [0.15, 0.2) is 0 Å². The lowest BCUT2D eigenvalue weighted by Gasteiger charge is -2.32. The van der Waals surface area contributed by atoms with E-state index in [-0.39, 0.29) is 23.1 Å². The maximum absolute atomic E-state index is 12.6. The molecule has 118 valence electrons. The van der Waals surface area contributed by atoms with Gasteiger partial charge in [-0.05, 0) is 31.4 Å². The van der Waals surface area contributed by atoms with E-state index in [0.29, 0.717) is 0 Å². The van der Waals surface area contributed by atoms with E-state index in [1.54, 1.807) is 4.90 Å². The molecule has 1 aliphatic heterocycles. The van der Waals surface area contributed by atoms with Gasteiger partial charge in [0.1, 0.15) is 0 Å². The highest BCUT2D eigenvalue weighted by Crippen LogP contribution is 2.50. The minimum atomic E-state index is 0.00575. The normalized spacial score (nSPS) is 27.4. The second-order valence-corrected chi connectivity index (χ2v) is 6.88. The number of benzene rings is 1. The molecule has 2 fully saturated rings. The van der Waals surface area contributed by atoms with Gasteiger partial charge in [0.25, 0.3) is 5.91 Å². The fourth-order valence-electron chi connectivity index (χ4n) is 4.16. The van der Waals surface area contributed by atoms with E-state index >= 15 is 0 Å². The van der Waals surface area contributed by atoms with E-state index in [1.165, 1.54) is 0 Å². The SMILES string of the molecule is CN(C)C(=O)C1CCCC12CCN(C(=O)c1ccccc1)C2. The first-order valence-corrected chi connectivity index (χ1v) is 8.09. The molecule has 2 amide bonds. The van der Waals surface area contributed by atoms with Gasteiger partial charge in [-0.2, -0.15) is 0 Å². The van der Waals surface area contributed by atoms with Gasteiger partial charge in [-0.15, -0.1) is 0 Å². The van der Waals surface area contributed by atoms with E-state index in [1.807, 2.05) is 49.3 Å². The molecule has 1 saturated heterocycles. The topological polar surface area (TPSA) is 40.6 Å². The third kappa shape index (κ3) is 2.51. The van der Waals surface area contributed by atoms with Crippen molar-refractivity contribution in [1.29, 1.82) is 0 Å². The Labute approximate surface area is 132 Å². The highest BCUT2D eigenvalue weighted by Gasteiger charge is 2.51. The van der Waals surface area contributed by atoms with Crippen molar-refractivity contribution in [3.8, 4) is 0 Å². The minimum absolute atomic E-state index is 0.00575. The summed E-state index contributed by atoms with van der Waals surface area (Å²) in [6, 6.07) is 9.44. The molecule has 1 aromatic carbocycles. The fraction of sp³-hybridized carbons (Fsp3) is 0.556. The van der Waals surface area contributed by atoms with Gasteiger partial charge in [0.05, 0.1) is 0 Å². The molecule has 1 saturated carbocycles. The van der Waals surface area contributed by atoms with Crippen LogP contribution in [0.1, 0.15) is 36.0 Å². The molecule has 3 rings (SSSR count). The van der Waals surface area contributed by atoms with Gasteiger partial charge < -0.3 is 9.80 Å². The Balaban J connectivity index is 1.76. The lowest BCUT2D eigenvalue weighted by molar-refractivity contribution is -0.136. The van der Waals surface area contributed by atoms with E-state index in [0.717, 1.165) is 44.3 Å². The molecule has 1 aromatic rings. The second-order valence-electron chi connectivity index (χ2n) is 6.88. The highest BCUT2D eigenvalue weighted by molar-refractivity contribution is 5.94. The lowest BCUT2D eigenvalue weighted by atomic mass is 9.76. The summed E-state index contributed by atoms with van der Waals surface area (Å²) in [6.45, 7) is 1.50. The molecule has 1 heterocycles. The van der Waals surface area contributed by atoms with Crippen LogP contribution in [0.15, 0.2) is 30.3 Å². The highest BCUT2D eigenvalue weighted by atomic mass is 16.2. The number of carbonyl (C=O) groups is 2. The van der Waals surface area contributed by atoms with Crippen molar-refractivity contribution in [1.82, 2.24) is 9.80 Å². The average Bonchev–Trinajstić information content (AvgIpc) is 3.14. The summed E-state index contributed by atoms with van der Waals surface area (Å²) in [4.78, 5) is 28.8. The predicted octanol–water partition coefficient (Wildman–Crippen LogP) is 2.41. The van der Waals surface area contributed by atoms with Crippen molar-refractivity contribution in [2.45, 2.75) is 25.7 Å². The minimum Gasteiger partial charge on any atom is -0.349 e. The van der Waals surface area contributed by atoms with Crippen LogP contribution in [0, 0.1) is 11.3 Å². The number of rotatable bonds is 2. The third-order valence-electron chi connectivity index (χ3n) is 5.34. The Bertz CT molecular complexity index is 570. The zero-order chi connectivity index (χ0) is 15.7. The zero-order valence-electron chi connectivity index (χ0n) is 13.4. The maximum atomic E-state index is 12.6. The Morgan fingerprint density at radius 2 is 1.91 bits per heavy atom. The van der Waals surface area contributed by atoms with Gasteiger partial charge in [-0.1, -0.05) is 24.6 Å². The first-order valence-electron chi connectivity index (χ1n) is 8.09. The van der Waals surface area contributed by atoms with Crippen LogP contribution in [-0.4, -0.2) is 48.8 Å². The van der Waals surface area contributed by atoms with Crippen LogP contribution in [-0.2, 0) is 4.79 Å². The predicted molar refractivity (Wildman–Crippen MR) is 85.4 cm³/mol. The summed E-state index contributed by atoms with van der Waals surface area (Å²) in [6.07, 6.45) is 4.08. The van der Waals surface area contributed by atoms with Crippen LogP contribution >= 0.6 is 0 Å². The Kier molecular flexibility index (Phi) is 3.94. The number of amides is 2. The summed E-state index contributed by atoms with van der Waals surface area (Å²) in [5.74, 6) is 0.406. The van der Waals surface area contributed by atoms with E-state index < -0.39 is 0 Å². The number of hydrogen-bond acceptors (Lipinski definition) is 2. The molecule has 1 spiro atoms. The Hall–Kier alpha value is -1.84. The number of likely N-dealkylation sites (tertiary alicyclic amines) is 1. The van der Waals surface area contributed by atoms with Crippen LogP contribution in [0.2, 0.25) is 0 Å². The molecule has 2 unspecified atom stereocenters. The van der Waals surface area contributed by atoms with Crippen LogP contribution in [0.4, 0.5) is 0 Å². The first kappa shape index (κ1) is 15.1. The average molecular weight is 300 g/mol. The van der Waals surface area contributed by atoms with Gasteiger partial charge >= 0.3 is 0 Å². The monoisotopic (exact) mass is 300 g/mol. The van der Waals surface area contributed by atoms with Crippen molar-refractivity contribution in [3.05, 3.63) is 35.9 Å². The smallest absolute Gasteiger partial charge is 0.253 e. The molecule has 4 heteroatoms. The molecule has 2 atom stereocenters. The summed E-state index contributed by atoms with van der Waals surface area (Å²) in [7, 11) is 3.66. The molecular formula is C18H24N2O2. The molecular weight excluding hydrogens is 276 g/mol. The maximum Gasteiger partial charge on any atom is 0.253 e. The Morgan fingerprint density at radius 1 is 1.18 bits per heavy atom. The lowest BCUT2D eigenvalue weighted by Crippen LogP contribution is -2.41. The number of hydrogen-bond donors (Lipinski definition) is 0. The number of nitrogens with zero attached hydrogens (tertiary/aromatic N) is 2. The molecule has 0 bridgehead atoms. The molecule has 2 aliphatic rings. The molecule has 22 heavy (non-hydrogen) atoms. The summed E-state index contributed by atoms with van der Waals surface area (Å²) < 4.78 is 0. The zero-order valence-corrected chi connectivity index (χ0v) is 13.4. The van der Waals surface area contributed by atoms with Gasteiger partial charge in [-0.25, -0.2) is 0 Å². The van der Waals surface area contributed by atoms with Gasteiger partial charge in [0, 0.05) is 44.1 Å². The van der Waals surface area contributed by atoms with Crippen molar-refractivity contribution in [2.24, 2.45) is 11.3 Å². The quantitative estimate of drug-likeness (QED) is 0.841. The van der Waals surface area contributed by atoms with Gasteiger partial charge in [0.2, 0.25) is 5.91 Å². The van der Waals surface area contributed by atoms with Crippen LogP contribution in [0.5, 0.6) is 0 Å². The van der Waals surface area contributed by atoms with Crippen LogP contribution < -0.4 is 0 Å². The van der Waals surface area contributed by atoms with Crippen molar-refractivity contribution >= 4 is 11.8 Å². The third-order valence-corrected chi connectivity index (χ3v) is 5.34. The van der Waals surface area contributed by atoms with Crippen LogP contribution in [0.25, 0.3) is 0 Å². The van der Waals surface area contributed by atoms with Crippen molar-refractivity contribution < 1.29 is 9.59 Å². The second kappa shape index (κ2) is 5.75.